The van der Waals surface area contributed by atoms with Crippen LogP contribution in [0.1, 0.15) is 25.3 Å². The molecule has 1 unspecified atom stereocenters. The Morgan fingerprint density at radius 3 is 2.70 bits per heavy atom. The predicted octanol–water partition coefficient (Wildman–Crippen LogP) is -0.00818. The van der Waals surface area contributed by atoms with Crippen LogP contribution in [0, 0.1) is 6.92 Å². The molecule has 1 aliphatic rings. The van der Waals surface area contributed by atoms with E-state index in [1.807, 2.05) is 52.2 Å². The summed E-state index contributed by atoms with van der Waals surface area (Å²) in [6.45, 7) is 5.00. The molecule has 1 heterocycles. The second-order valence-corrected chi connectivity index (χ2v) is 6.19. The number of hydrogen-bond acceptors (Lipinski definition) is 6. The molecule has 0 aliphatic carbocycles. The van der Waals surface area contributed by atoms with E-state index >= 15 is 0 Å². The molecular formula is C18H31N6O3-. The van der Waals surface area contributed by atoms with Crippen LogP contribution >= 0.6 is 0 Å². The Morgan fingerprint density at radius 2 is 2.11 bits per heavy atom. The van der Waals surface area contributed by atoms with Gasteiger partial charge in [0.25, 0.3) is 0 Å². The van der Waals surface area contributed by atoms with Crippen molar-refractivity contribution in [1.29, 1.82) is 0 Å². The van der Waals surface area contributed by atoms with Gasteiger partial charge >= 0.3 is 0 Å². The van der Waals surface area contributed by atoms with Crippen molar-refractivity contribution in [2.45, 2.75) is 32.5 Å². The lowest BCUT2D eigenvalue weighted by atomic mass is 10.2. The number of nitrogens with zero attached hydrogens (tertiary/aromatic N) is 2. The summed E-state index contributed by atoms with van der Waals surface area (Å²) in [5, 5.41) is 20.6. The largest absolute Gasteiger partial charge is 0.530 e. The van der Waals surface area contributed by atoms with Crippen molar-refractivity contribution in [1.82, 2.24) is 26.4 Å². The highest BCUT2D eigenvalue weighted by atomic mass is 16.5. The first-order valence-corrected chi connectivity index (χ1v) is 8.97. The van der Waals surface area contributed by atoms with Gasteiger partial charge in [-0.3, -0.25) is 10.0 Å². The SMILES string of the molecule is CCC1(NC(=O)[O-])NC(=NCCCOc2cccc(C)c2)N(C)N1.CNC. The highest BCUT2D eigenvalue weighted by Gasteiger charge is 2.37. The van der Waals surface area contributed by atoms with Gasteiger partial charge in [-0.25, -0.2) is 0 Å². The highest BCUT2D eigenvalue weighted by Crippen LogP contribution is 2.13. The maximum Gasteiger partial charge on any atom is 0.211 e. The normalized spacial score (nSPS) is 19.9. The molecule has 27 heavy (non-hydrogen) atoms. The molecule has 0 radical (unpaired) electrons. The molecule has 0 spiro atoms. The summed E-state index contributed by atoms with van der Waals surface area (Å²) in [6.07, 6.45) is -0.112. The van der Waals surface area contributed by atoms with E-state index in [9.17, 15) is 9.90 Å². The quantitative estimate of drug-likeness (QED) is 0.493. The number of guanidine groups is 1. The van der Waals surface area contributed by atoms with Crippen molar-refractivity contribution in [3.05, 3.63) is 29.8 Å². The Morgan fingerprint density at radius 1 is 1.41 bits per heavy atom. The number of ether oxygens (including phenoxy) is 1. The number of benzene rings is 1. The maximum atomic E-state index is 10.8. The second-order valence-electron chi connectivity index (χ2n) is 6.19. The molecule has 4 N–H and O–H groups in total. The van der Waals surface area contributed by atoms with Gasteiger partial charge in [0.1, 0.15) is 11.8 Å². The van der Waals surface area contributed by atoms with Crippen molar-refractivity contribution in [3.63, 3.8) is 0 Å². The van der Waals surface area contributed by atoms with Crippen molar-refractivity contribution in [2.24, 2.45) is 4.99 Å². The molecule has 1 aliphatic heterocycles. The van der Waals surface area contributed by atoms with E-state index in [2.05, 4.69) is 26.4 Å². The summed E-state index contributed by atoms with van der Waals surface area (Å²) in [5.74, 6) is 0.439. The van der Waals surface area contributed by atoms with E-state index in [0.717, 1.165) is 17.7 Å². The van der Waals surface area contributed by atoms with Crippen LogP contribution in [-0.2, 0) is 0 Å². The molecular weight excluding hydrogens is 348 g/mol. The third kappa shape index (κ3) is 7.71. The Balaban J connectivity index is 0.00000114. The van der Waals surface area contributed by atoms with Gasteiger partial charge in [-0.15, -0.1) is 0 Å². The molecule has 1 aromatic rings. The molecule has 1 amide bonds. The lowest BCUT2D eigenvalue weighted by Crippen LogP contribution is -2.65. The van der Waals surface area contributed by atoms with Crippen LogP contribution in [0.4, 0.5) is 4.79 Å². The summed E-state index contributed by atoms with van der Waals surface area (Å²) >= 11 is 0. The molecule has 1 atom stereocenters. The summed E-state index contributed by atoms with van der Waals surface area (Å²) < 4.78 is 5.68. The number of hydrazine groups is 1. The Hall–Kier alpha value is -2.52. The third-order valence-electron chi connectivity index (χ3n) is 3.67. The number of aryl methyl sites for hydroxylation is 1. The van der Waals surface area contributed by atoms with Crippen LogP contribution in [-0.4, -0.2) is 57.1 Å². The lowest BCUT2D eigenvalue weighted by Gasteiger charge is -2.30. The third-order valence-corrected chi connectivity index (χ3v) is 3.67. The number of aliphatic imine (C=N–C) groups is 1. The number of carboxylic acid groups (broad SMARTS) is 1. The fourth-order valence-electron chi connectivity index (χ4n) is 2.42. The fraction of sp³-hybridized carbons (Fsp3) is 0.556. The predicted molar refractivity (Wildman–Crippen MR) is 104 cm³/mol. The minimum atomic E-state index is -1.35. The van der Waals surface area contributed by atoms with E-state index in [4.69, 9.17) is 4.74 Å². The second kappa shape index (κ2) is 11.2. The Labute approximate surface area is 161 Å². The van der Waals surface area contributed by atoms with Crippen LogP contribution in [0.2, 0.25) is 0 Å². The van der Waals surface area contributed by atoms with E-state index in [0.29, 0.717) is 25.5 Å². The van der Waals surface area contributed by atoms with E-state index in [-0.39, 0.29) is 0 Å². The van der Waals surface area contributed by atoms with E-state index in [1.54, 1.807) is 12.1 Å². The molecule has 9 nitrogen and oxygen atoms in total. The molecule has 0 aromatic heterocycles. The molecule has 152 valence electrons. The minimum absolute atomic E-state index is 0.487. The number of rotatable bonds is 7. The van der Waals surface area contributed by atoms with Crippen LogP contribution in [0.5, 0.6) is 5.75 Å². The van der Waals surface area contributed by atoms with Crippen molar-refractivity contribution in [2.75, 3.05) is 34.3 Å². The standard InChI is InChI=1S/C16H25N5O3.C2H7N/c1-4-16(19-15(22)23)18-14(21(3)20-16)17-9-6-10-24-13-8-5-7-12(2)11-13;1-3-2/h5,7-8,11,19-20H,4,6,9-10H2,1-3H3,(H,17,18)(H,22,23);3H,1-2H3/p-1. The van der Waals surface area contributed by atoms with Crippen LogP contribution < -0.4 is 31.2 Å². The smallest absolute Gasteiger partial charge is 0.211 e. The first-order valence-electron chi connectivity index (χ1n) is 8.97. The molecule has 2 rings (SSSR count). The Bertz CT molecular complexity index is 625. The number of carbonyl (C=O) groups excluding carboxylic acids is 1. The first-order chi connectivity index (χ1) is 12.9. The van der Waals surface area contributed by atoms with Gasteiger partial charge in [-0.05, 0) is 38.7 Å². The molecule has 9 heteroatoms. The monoisotopic (exact) mass is 379 g/mol. The number of nitrogens with one attached hydrogen (secondary N) is 4. The van der Waals surface area contributed by atoms with Gasteiger partial charge in [0.2, 0.25) is 5.96 Å². The van der Waals surface area contributed by atoms with Gasteiger partial charge in [-0.1, -0.05) is 19.1 Å². The Kier molecular flexibility index (Phi) is 9.38. The average Bonchev–Trinajstić information content (AvgIpc) is 2.91. The number of hydrogen-bond donors (Lipinski definition) is 4. The van der Waals surface area contributed by atoms with E-state index in [1.165, 1.54) is 0 Å². The van der Waals surface area contributed by atoms with Gasteiger partial charge < -0.3 is 30.6 Å². The lowest BCUT2D eigenvalue weighted by molar-refractivity contribution is -0.254. The van der Waals surface area contributed by atoms with Crippen molar-refractivity contribution in [3.8, 4) is 5.75 Å². The molecule has 0 saturated carbocycles. The van der Waals surface area contributed by atoms with Crippen molar-refractivity contribution < 1.29 is 14.6 Å². The molecule has 1 fully saturated rings. The zero-order chi connectivity index (χ0) is 20.3. The average molecular weight is 379 g/mol. The van der Waals surface area contributed by atoms with Crippen LogP contribution in [0.3, 0.4) is 0 Å². The summed E-state index contributed by atoms with van der Waals surface area (Å²) in [6, 6.07) is 7.90. The maximum absolute atomic E-state index is 10.8. The zero-order valence-electron chi connectivity index (χ0n) is 16.8. The summed E-state index contributed by atoms with van der Waals surface area (Å²) in [7, 11) is 5.52. The highest BCUT2D eigenvalue weighted by molar-refractivity contribution is 5.82. The number of carbonyl (C=O) groups is 1. The van der Waals surface area contributed by atoms with Gasteiger partial charge in [-0.2, -0.15) is 5.43 Å². The topological polar surface area (TPSA) is 113 Å². The van der Waals surface area contributed by atoms with E-state index < -0.39 is 11.9 Å². The minimum Gasteiger partial charge on any atom is -0.530 e. The molecule has 1 saturated heterocycles. The summed E-state index contributed by atoms with van der Waals surface area (Å²) in [4.78, 5) is 15.3. The number of amides is 1. The van der Waals surface area contributed by atoms with Crippen molar-refractivity contribution >= 4 is 12.1 Å². The zero-order valence-corrected chi connectivity index (χ0v) is 16.8. The van der Waals surface area contributed by atoms with Crippen LogP contribution in [0.15, 0.2) is 29.3 Å². The first kappa shape index (κ1) is 22.5. The molecule has 0 bridgehead atoms. The summed E-state index contributed by atoms with van der Waals surface area (Å²) in [5.41, 5.74) is 4.16. The van der Waals surface area contributed by atoms with Gasteiger partial charge in [0.15, 0.2) is 5.79 Å². The van der Waals surface area contributed by atoms with Gasteiger partial charge in [0, 0.05) is 26.4 Å². The molecule has 1 aromatic carbocycles. The van der Waals surface area contributed by atoms with Crippen LogP contribution in [0.25, 0.3) is 0 Å². The fourth-order valence-corrected chi connectivity index (χ4v) is 2.42. The van der Waals surface area contributed by atoms with Gasteiger partial charge in [0.05, 0.1) is 6.61 Å².